The molecule has 0 heterocycles. The summed E-state index contributed by atoms with van der Waals surface area (Å²) in [7, 11) is 11.4. The molecule has 3 heteroatoms. The standard InChI is InChI=1S/C10H17.2ClH.Ti/c1-3-5-7-9-10-8-6-4-2;;;/h3,5,9-10H,1,4,6-8H2,2H3;2*1H;/q;;;+2/p-2. The molecular weight excluding hydrogens is 239 g/mol. The number of allylic oxidation sites excluding steroid dienone is 4. The van der Waals surface area contributed by atoms with Gasteiger partial charge >= 0.3 is 96.0 Å². The summed E-state index contributed by atoms with van der Waals surface area (Å²) in [6.07, 6.45) is 13.5. The van der Waals surface area contributed by atoms with Gasteiger partial charge in [-0.3, -0.25) is 0 Å². The van der Waals surface area contributed by atoms with Gasteiger partial charge in [0.05, 0.1) is 0 Å². The fourth-order valence-electron chi connectivity index (χ4n) is 0.883. The van der Waals surface area contributed by atoms with E-state index in [9.17, 15) is 0 Å². The summed E-state index contributed by atoms with van der Waals surface area (Å²) in [4.78, 5) is 0. The maximum absolute atomic E-state index is 5.72. The fraction of sp³-hybridized carbons (Fsp3) is 0.600. The van der Waals surface area contributed by atoms with Crippen molar-refractivity contribution in [1.82, 2.24) is 0 Å². The molecular formula is C10H17Cl2Ti. The number of unbranched alkanes of at least 4 members (excludes halogenated alkanes) is 2. The SMILES string of the molecule is CCCCC=CCC=C[CH2][Ti]([Cl])[Cl]. The Hall–Kier alpha value is 0.774. The van der Waals surface area contributed by atoms with Crippen molar-refractivity contribution >= 4 is 18.6 Å². The second kappa shape index (κ2) is 10.9. The fourth-order valence-corrected chi connectivity index (χ4v) is 2.16. The van der Waals surface area contributed by atoms with Crippen LogP contribution in [-0.2, 0) is 15.7 Å². The third kappa shape index (κ3) is 12.8. The van der Waals surface area contributed by atoms with E-state index in [4.69, 9.17) is 18.6 Å². The summed E-state index contributed by atoms with van der Waals surface area (Å²) in [6, 6.07) is 0. The molecule has 0 unspecified atom stereocenters. The average molecular weight is 256 g/mol. The first kappa shape index (κ1) is 13.8. The van der Waals surface area contributed by atoms with Gasteiger partial charge in [-0.25, -0.2) is 0 Å². The molecule has 0 aromatic heterocycles. The van der Waals surface area contributed by atoms with Gasteiger partial charge in [-0.1, -0.05) is 0 Å². The minimum atomic E-state index is -1.64. The summed E-state index contributed by atoms with van der Waals surface area (Å²) < 4.78 is 0.909. The van der Waals surface area contributed by atoms with Crippen LogP contribution in [0.2, 0.25) is 4.73 Å². The Bertz CT molecular complexity index is 153. The van der Waals surface area contributed by atoms with Crippen LogP contribution in [0.25, 0.3) is 0 Å². The Morgan fingerprint density at radius 1 is 1.08 bits per heavy atom. The molecule has 0 aliphatic carbocycles. The molecule has 0 aromatic rings. The van der Waals surface area contributed by atoms with E-state index in [1.165, 1.54) is 19.3 Å². The zero-order valence-corrected chi connectivity index (χ0v) is 11.2. The summed E-state index contributed by atoms with van der Waals surface area (Å²) in [5.41, 5.74) is 0. The molecule has 0 bridgehead atoms. The molecule has 0 atom stereocenters. The van der Waals surface area contributed by atoms with Gasteiger partial charge < -0.3 is 0 Å². The van der Waals surface area contributed by atoms with Crippen LogP contribution in [0.5, 0.6) is 0 Å². The van der Waals surface area contributed by atoms with E-state index >= 15 is 0 Å². The van der Waals surface area contributed by atoms with Gasteiger partial charge in [-0.15, -0.1) is 0 Å². The number of hydrogen-bond acceptors (Lipinski definition) is 0. The predicted octanol–water partition coefficient (Wildman–Crippen LogP) is 5.02. The third-order valence-electron chi connectivity index (χ3n) is 1.60. The number of hydrogen-bond donors (Lipinski definition) is 0. The van der Waals surface area contributed by atoms with Crippen LogP contribution in [0.15, 0.2) is 24.3 Å². The predicted molar refractivity (Wildman–Crippen MR) is 58.9 cm³/mol. The topological polar surface area (TPSA) is 0 Å². The Kier molecular flexibility index (Phi) is 11.5. The van der Waals surface area contributed by atoms with Gasteiger partial charge in [-0.2, -0.15) is 0 Å². The second-order valence-corrected chi connectivity index (χ2v) is 9.12. The third-order valence-corrected chi connectivity index (χ3v) is 3.72. The summed E-state index contributed by atoms with van der Waals surface area (Å²) in [5, 5.41) is 0. The molecule has 0 aliphatic rings. The van der Waals surface area contributed by atoms with Crippen LogP contribution in [-0.4, -0.2) is 0 Å². The van der Waals surface area contributed by atoms with Crippen molar-refractivity contribution in [2.24, 2.45) is 0 Å². The molecule has 0 radical (unpaired) electrons. The zero-order valence-electron chi connectivity index (χ0n) is 8.10. The monoisotopic (exact) mass is 255 g/mol. The number of halogens is 2. The van der Waals surface area contributed by atoms with E-state index in [0.29, 0.717) is 0 Å². The molecule has 0 aromatic carbocycles. The van der Waals surface area contributed by atoms with Gasteiger partial charge in [-0.05, 0) is 0 Å². The molecule has 0 rings (SSSR count). The van der Waals surface area contributed by atoms with Crippen molar-refractivity contribution in [3.63, 3.8) is 0 Å². The van der Waals surface area contributed by atoms with Crippen molar-refractivity contribution in [1.29, 1.82) is 0 Å². The molecule has 75 valence electrons. The molecule has 0 aliphatic heterocycles. The van der Waals surface area contributed by atoms with Crippen molar-refractivity contribution in [2.75, 3.05) is 0 Å². The van der Waals surface area contributed by atoms with Gasteiger partial charge in [0.2, 0.25) is 0 Å². The van der Waals surface area contributed by atoms with E-state index in [1.807, 2.05) is 0 Å². The Balaban J connectivity index is 3.23. The van der Waals surface area contributed by atoms with Gasteiger partial charge in [0.25, 0.3) is 0 Å². The zero-order chi connectivity index (χ0) is 9.94. The minimum absolute atomic E-state index is 0.909. The molecule has 0 N–H and O–H groups in total. The van der Waals surface area contributed by atoms with Gasteiger partial charge in [0, 0.05) is 0 Å². The molecule has 0 saturated heterocycles. The van der Waals surface area contributed by atoms with Crippen LogP contribution in [0.1, 0.15) is 32.6 Å². The van der Waals surface area contributed by atoms with Crippen LogP contribution >= 0.6 is 18.6 Å². The summed E-state index contributed by atoms with van der Waals surface area (Å²) >= 11 is -1.64. The molecule has 0 fully saturated rings. The van der Waals surface area contributed by atoms with Gasteiger partial charge in [0.1, 0.15) is 0 Å². The number of rotatable bonds is 7. The average Bonchev–Trinajstić information content (AvgIpc) is 2.09. The first-order valence-corrected chi connectivity index (χ1v) is 10.1. The molecule has 0 amide bonds. The first-order valence-electron chi connectivity index (χ1n) is 4.74. The van der Waals surface area contributed by atoms with Crippen LogP contribution in [0.4, 0.5) is 0 Å². The van der Waals surface area contributed by atoms with Crippen LogP contribution in [0.3, 0.4) is 0 Å². The van der Waals surface area contributed by atoms with E-state index in [1.54, 1.807) is 0 Å². The van der Waals surface area contributed by atoms with Crippen molar-refractivity contribution < 1.29 is 15.7 Å². The van der Waals surface area contributed by atoms with Crippen molar-refractivity contribution in [3.05, 3.63) is 24.3 Å². The normalized spacial score (nSPS) is 11.6. The van der Waals surface area contributed by atoms with Gasteiger partial charge in [0.15, 0.2) is 0 Å². The van der Waals surface area contributed by atoms with Crippen molar-refractivity contribution in [3.8, 4) is 0 Å². The van der Waals surface area contributed by atoms with Crippen LogP contribution < -0.4 is 0 Å². The van der Waals surface area contributed by atoms with E-state index < -0.39 is 15.7 Å². The molecule has 0 spiro atoms. The molecule has 0 saturated carbocycles. The van der Waals surface area contributed by atoms with E-state index in [0.717, 1.165) is 11.1 Å². The van der Waals surface area contributed by atoms with E-state index in [-0.39, 0.29) is 0 Å². The van der Waals surface area contributed by atoms with Crippen LogP contribution in [0, 0.1) is 0 Å². The molecule has 13 heavy (non-hydrogen) atoms. The first-order chi connectivity index (χ1) is 6.27. The Morgan fingerprint density at radius 3 is 2.38 bits per heavy atom. The molecule has 0 nitrogen and oxygen atoms in total. The summed E-state index contributed by atoms with van der Waals surface area (Å²) in [5.74, 6) is 0. The van der Waals surface area contributed by atoms with E-state index in [2.05, 4.69) is 31.2 Å². The summed E-state index contributed by atoms with van der Waals surface area (Å²) in [6.45, 7) is 2.21. The second-order valence-electron chi connectivity index (χ2n) is 2.86. The maximum atomic E-state index is 5.72. The Labute approximate surface area is 95.6 Å². The van der Waals surface area contributed by atoms with Crippen molar-refractivity contribution in [2.45, 2.75) is 37.3 Å². The Morgan fingerprint density at radius 2 is 1.77 bits per heavy atom. The quantitative estimate of drug-likeness (QED) is 0.340.